The van der Waals surface area contributed by atoms with E-state index in [1.807, 2.05) is 6.07 Å². The lowest BCUT2D eigenvalue weighted by atomic mass is 9.85. The Morgan fingerprint density at radius 1 is 1.15 bits per heavy atom. The zero-order valence-corrected chi connectivity index (χ0v) is 13.3. The zero-order chi connectivity index (χ0) is 14.6. The second-order valence-electron chi connectivity index (χ2n) is 6.82. The summed E-state index contributed by atoms with van der Waals surface area (Å²) in [6.07, 6.45) is 5.18. The molecule has 4 heteroatoms. The summed E-state index contributed by atoms with van der Waals surface area (Å²) in [4.78, 5) is 9.32. The number of rotatable bonds is 6. The van der Waals surface area contributed by atoms with Gasteiger partial charge in [-0.15, -0.1) is 0 Å². The first kappa shape index (κ1) is 15.1. The van der Waals surface area contributed by atoms with E-state index in [1.54, 1.807) is 0 Å². The molecule has 1 fully saturated rings. The first-order valence-electron chi connectivity index (χ1n) is 7.86. The maximum absolute atomic E-state index is 4.68. The third kappa shape index (κ3) is 4.09. The van der Waals surface area contributed by atoms with Crippen molar-refractivity contribution in [2.24, 2.45) is 5.92 Å². The number of nitrogens with one attached hydrogen (secondary N) is 2. The summed E-state index contributed by atoms with van der Waals surface area (Å²) in [5.41, 5.74) is -0.0309. The van der Waals surface area contributed by atoms with Gasteiger partial charge in [-0.3, -0.25) is 0 Å². The van der Waals surface area contributed by atoms with Crippen LogP contribution in [0.25, 0.3) is 0 Å². The van der Waals surface area contributed by atoms with Crippen LogP contribution < -0.4 is 10.6 Å². The Bertz CT molecular complexity index is 433. The van der Waals surface area contributed by atoms with Crippen LogP contribution in [0.5, 0.6) is 0 Å². The van der Waals surface area contributed by atoms with Crippen LogP contribution >= 0.6 is 0 Å². The van der Waals surface area contributed by atoms with Crippen molar-refractivity contribution in [3.8, 4) is 0 Å². The zero-order valence-electron chi connectivity index (χ0n) is 13.3. The van der Waals surface area contributed by atoms with E-state index < -0.39 is 0 Å². The summed E-state index contributed by atoms with van der Waals surface area (Å²) in [6.45, 7) is 10.6. The molecule has 20 heavy (non-hydrogen) atoms. The van der Waals surface area contributed by atoms with Crippen molar-refractivity contribution in [1.29, 1.82) is 0 Å². The van der Waals surface area contributed by atoms with Gasteiger partial charge in [-0.2, -0.15) is 0 Å². The molecule has 0 amide bonds. The van der Waals surface area contributed by atoms with Crippen LogP contribution in [0.1, 0.15) is 59.2 Å². The molecule has 0 radical (unpaired) electrons. The molecule has 112 valence electrons. The molecule has 1 aromatic rings. The van der Waals surface area contributed by atoms with E-state index >= 15 is 0 Å². The summed E-state index contributed by atoms with van der Waals surface area (Å²) in [5, 5.41) is 6.86. The molecule has 0 aromatic carbocycles. The average Bonchev–Trinajstić information content (AvgIpc) is 2.33. The highest BCUT2D eigenvalue weighted by atomic mass is 15.1. The fourth-order valence-corrected chi connectivity index (χ4v) is 2.16. The molecule has 4 nitrogen and oxygen atoms in total. The molecule has 0 unspecified atom stereocenters. The Balaban J connectivity index is 2.11. The minimum absolute atomic E-state index is 0.0309. The lowest BCUT2D eigenvalue weighted by Gasteiger charge is -2.26. The highest BCUT2D eigenvalue weighted by Gasteiger charge is 2.20. The molecule has 0 saturated heterocycles. The van der Waals surface area contributed by atoms with E-state index in [0.29, 0.717) is 0 Å². The smallest absolute Gasteiger partial charge is 0.138 e. The fraction of sp³-hybridized carbons (Fsp3) is 0.750. The monoisotopic (exact) mass is 276 g/mol. The summed E-state index contributed by atoms with van der Waals surface area (Å²) >= 11 is 0. The Morgan fingerprint density at radius 2 is 1.80 bits per heavy atom. The van der Waals surface area contributed by atoms with E-state index in [4.69, 9.17) is 0 Å². The van der Waals surface area contributed by atoms with Crippen LogP contribution in [-0.2, 0) is 5.41 Å². The van der Waals surface area contributed by atoms with E-state index in [-0.39, 0.29) is 5.41 Å². The van der Waals surface area contributed by atoms with E-state index in [2.05, 4.69) is 48.3 Å². The average molecular weight is 276 g/mol. The van der Waals surface area contributed by atoms with E-state index in [0.717, 1.165) is 42.9 Å². The molecule has 2 N–H and O–H groups in total. The molecule has 0 bridgehead atoms. The van der Waals surface area contributed by atoms with Gasteiger partial charge in [0.15, 0.2) is 0 Å². The molecule has 1 heterocycles. The number of anilines is 2. The van der Waals surface area contributed by atoms with Gasteiger partial charge in [-0.25, -0.2) is 9.97 Å². The molecule has 1 aromatic heterocycles. The maximum Gasteiger partial charge on any atom is 0.138 e. The van der Waals surface area contributed by atoms with Gasteiger partial charge in [0.05, 0.1) is 0 Å². The molecule has 2 rings (SSSR count). The molecule has 0 aliphatic heterocycles. The maximum atomic E-state index is 4.68. The van der Waals surface area contributed by atoms with Crippen LogP contribution in [0.15, 0.2) is 6.07 Å². The lowest BCUT2D eigenvalue weighted by molar-refractivity contribution is 0.333. The molecule has 0 spiro atoms. The van der Waals surface area contributed by atoms with Crippen LogP contribution in [0.3, 0.4) is 0 Å². The number of aromatic nitrogens is 2. The van der Waals surface area contributed by atoms with E-state index in [9.17, 15) is 0 Å². The van der Waals surface area contributed by atoms with Gasteiger partial charge in [-0.05, 0) is 25.2 Å². The van der Waals surface area contributed by atoms with Crippen molar-refractivity contribution in [2.45, 2.75) is 58.8 Å². The summed E-state index contributed by atoms with van der Waals surface area (Å²) in [7, 11) is 0. The minimum Gasteiger partial charge on any atom is -0.370 e. The molecule has 1 saturated carbocycles. The van der Waals surface area contributed by atoms with Crippen molar-refractivity contribution < 1.29 is 0 Å². The molecular formula is C16H28N4. The topological polar surface area (TPSA) is 49.8 Å². The first-order chi connectivity index (χ1) is 9.49. The van der Waals surface area contributed by atoms with Crippen LogP contribution in [0, 0.1) is 5.92 Å². The Kier molecular flexibility index (Phi) is 4.84. The van der Waals surface area contributed by atoms with Crippen molar-refractivity contribution >= 4 is 11.6 Å². The minimum atomic E-state index is -0.0309. The van der Waals surface area contributed by atoms with Crippen molar-refractivity contribution in [3.63, 3.8) is 0 Å². The second kappa shape index (κ2) is 6.42. The normalized spacial score (nSPS) is 15.8. The quantitative estimate of drug-likeness (QED) is 0.829. The van der Waals surface area contributed by atoms with Crippen LogP contribution in [0.4, 0.5) is 11.6 Å². The standard InChI is InChI=1S/C16H28N4/c1-5-9-17-13-10-14(18-11-12-7-6-8-12)20-15(19-13)16(2,3)4/h10,12H,5-9,11H2,1-4H3,(H2,17,18,19,20). The summed E-state index contributed by atoms with van der Waals surface area (Å²) in [5.74, 6) is 3.61. The third-order valence-electron chi connectivity index (χ3n) is 3.75. The molecule has 1 aliphatic carbocycles. The molecular weight excluding hydrogens is 248 g/mol. The Morgan fingerprint density at radius 3 is 2.30 bits per heavy atom. The number of hydrogen-bond donors (Lipinski definition) is 2. The predicted octanol–water partition coefficient (Wildman–Crippen LogP) is 3.81. The number of nitrogens with zero attached hydrogens (tertiary/aromatic N) is 2. The van der Waals surface area contributed by atoms with Gasteiger partial charge >= 0.3 is 0 Å². The lowest BCUT2D eigenvalue weighted by Crippen LogP contribution is -2.23. The van der Waals surface area contributed by atoms with Crippen molar-refractivity contribution in [2.75, 3.05) is 23.7 Å². The van der Waals surface area contributed by atoms with Gasteiger partial charge in [0.2, 0.25) is 0 Å². The summed E-state index contributed by atoms with van der Waals surface area (Å²) in [6, 6.07) is 2.03. The van der Waals surface area contributed by atoms with Crippen molar-refractivity contribution in [1.82, 2.24) is 9.97 Å². The van der Waals surface area contributed by atoms with Gasteiger partial charge in [0, 0.05) is 24.6 Å². The predicted molar refractivity (Wildman–Crippen MR) is 85.3 cm³/mol. The Hall–Kier alpha value is -1.32. The van der Waals surface area contributed by atoms with Crippen LogP contribution in [-0.4, -0.2) is 23.1 Å². The van der Waals surface area contributed by atoms with Gasteiger partial charge in [0.1, 0.15) is 17.5 Å². The molecule has 1 aliphatic rings. The highest BCUT2D eigenvalue weighted by molar-refractivity contribution is 5.48. The third-order valence-corrected chi connectivity index (χ3v) is 3.75. The van der Waals surface area contributed by atoms with Gasteiger partial charge in [0.25, 0.3) is 0 Å². The number of hydrogen-bond acceptors (Lipinski definition) is 4. The van der Waals surface area contributed by atoms with Crippen molar-refractivity contribution in [3.05, 3.63) is 11.9 Å². The van der Waals surface area contributed by atoms with Crippen LogP contribution in [0.2, 0.25) is 0 Å². The summed E-state index contributed by atoms with van der Waals surface area (Å²) < 4.78 is 0. The molecule has 0 atom stereocenters. The Labute approximate surface area is 122 Å². The SMILES string of the molecule is CCCNc1cc(NCC2CCC2)nc(C(C)(C)C)n1. The highest BCUT2D eigenvalue weighted by Crippen LogP contribution is 2.27. The van der Waals surface area contributed by atoms with Gasteiger partial charge in [-0.1, -0.05) is 34.1 Å². The van der Waals surface area contributed by atoms with Gasteiger partial charge < -0.3 is 10.6 Å². The first-order valence-corrected chi connectivity index (χ1v) is 7.86. The largest absolute Gasteiger partial charge is 0.370 e. The van der Waals surface area contributed by atoms with E-state index in [1.165, 1.54) is 19.3 Å². The fourth-order valence-electron chi connectivity index (χ4n) is 2.16. The second-order valence-corrected chi connectivity index (χ2v) is 6.82.